The van der Waals surface area contributed by atoms with Gasteiger partial charge in [-0.15, -0.1) is 0 Å². The van der Waals surface area contributed by atoms with E-state index in [-0.39, 0.29) is 24.8 Å². The number of nitrogens with one attached hydrogen (secondary N) is 2. The lowest BCUT2D eigenvalue weighted by atomic mass is 10.0. The molecule has 2 atom stereocenters. The smallest absolute Gasteiger partial charge is 0.247 e. The molecule has 1 aliphatic rings. The Kier molecular flexibility index (Phi) is 6.55. The van der Waals surface area contributed by atoms with Crippen LogP contribution in [0.5, 0.6) is 5.75 Å². The van der Waals surface area contributed by atoms with E-state index in [9.17, 15) is 19.1 Å². The topological polar surface area (TPSA) is 90.9 Å². The van der Waals surface area contributed by atoms with Crippen molar-refractivity contribution in [1.82, 2.24) is 0 Å². The third-order valence-corrected chi connectivity index (χ3v) is 5.53. The van der Waals surface area contributed by atoms with E-state index in [2.05, 4.69) is 10.6 Å². The van der Waals surface area contributed by atoms with Gasteiger partial charge in [-0.05, 0) is 54.1 Å². The minimum Gasteiger partial charge on any atom is -0.497 e. The Balaban J connectivity index is 1.55. The molecule has 1 aliphatic heterocycles. The minimum absolute atomic E-state index is 0.0521. The number of fused-ring (bicyclic) bond motifs is 1. The molecule has 0 spiro atoms. The highest BCUT2D eigenvalue weighted by Gasteiger charge is 2.35. The molecule has 1 heterocycles. The highest BCUT2D eigenvalue weighted by molar-refractivity contribution is 6.06. The monoisotopic (exact) mass is 449 g/mol. The van der Waals surface area contributed by atoms with Crippen molar-refractivity contribution in [3.05, 3.63) is 84.2 Å². The molecule has 2 amide bonds. The number of carbonyl (C=O) groups is 2. The van der Waals surface area contributed by atoms with Crippen LogP contribution in [0.3, 0.4) is 0 Å². The molecule has 0 saturated carbocycles. The Hall–Kier alpha value is -3.91. The lowest BCUT2D eigenvalue weighted by molar-refractivity contribution is -0.122. The lowest BCUT2D eigenvalue weighted by Gasteiger charge is -2.39. The van der Waals surface area contributed by atoms with Crippen molar-refractivity contribution in [2.24, 2.45) is 0 Å². The number of methoxy groups -OCH3 is 1. The molecule has 0 saturated heterocycles. The standard InChI is InChI=1S/C25H24FN3O4/c1-33-19-12-10-18(11-13-19)27-24(31)14-22-25(32)28-20-4-2-3-5-21(20)29(22)15-23(30)16-6-8-17(26)9-7-16/h2-13,22-23,30H,14-15H2,1H3,(H,27,31)(H,28,32)/t22-,23-/m0/s1. The molecule has 8 heteroatoms. The number of β-amino-alcohol motifs (C(OH)–C–C–N with tert-alkyl or cyclic N) is 1. The first-order valence-corrected chi connectivity index (χ1v) is 10.5. The van der Waals surface area contributed by atoms with E-state index < -0.39 is 18.0 Å². The molecule has 7 nitrogen and oxygen atoms in total. The van der Waals surface area contributed by atoms with Crippen LogP contribution in [0.1, 0.15) is 18.1 Å². The molecule has 0 aliphatic carbocycles. The lowest BCUT2D eigenvalue weighted by Crippen LogP contribution is -2.51. The SMILES string of the molecule is COc1ccc(NC(=O)C[C@H]2C(=O)Nc3ccccc3N2C[C@H](O)c2ccc(F)cc2)cc1. The van der Waals surface area contributed by atoms with Gasteiger partial charge in [0.05, 0.1) is 31.0 Å². The number of anilines is 3. The fourth-order valence-corrected chi connectivity index (χ4v) is 3.82. The number of para-hydroxylation sites is 2. The Morgan fingerprint density at radius 2 is 1.82 bits per heavy atom. The second-order valence-corrected chi connectivity index (χ2v) is 7.72. The summed E-state index contributed by atoms with van der Waals surface area (Å²) < 4.78 is 18.4. The normalized spacial score (nSPS) is 15.9. The van der Waals surface area contributed by atoms with Gasteiger partial charge in [0.25, 0.3) is 0 Å². The molecule has 0 radical (unpaired) electrons. The fourth-order valence-electron chi connectivity index (χ4n) is 3.82. The number of aliphatic hydroxyl groups excluding tert-OH is 1. The molecule has 33 heavy (non-hydrogen) atoms. The molecular weight excluding hydrogens is 425 g/mol. The van der Waals surface area contributed by atoms with Crippen molar-refractivity contribution in [3.63, 3.8) is 0 Å². The Morgan fingerprint density at radius 1 is 1.12 bits per heavy atom. The molecule has 3 N–H and O–H groups in total. The summed E-state index contributed by atoms with van der Waals surface area (Å²) in [4.78, 5) is 27.4. The molecule has 0 bridgehead atoms. The number of nitrogens with zero attached hydrogens (tertiary/aromatic N) is 1. The summed E-state index contributed by atoms with van der Waals surface area (Å²) >= 11 is 0. The zero-order valence-electron chi connectivity index (χ0n) is 18.0. The Morgan fingerprint density at radius 3 is 2.52 bits per heavy atom. The van der Waals surface area contributed by atoms with Crippen molar-refractivity contribution in [1.29, 1.82) is 0 Å². The molecule has 3 aromatic carbocycles. The van der Waals surface area contributed by atoms with Crippen molar-refractivity contribution in [2.75, 3.05) is 29.2 Å². The number of rotatable bonds is 7. The van der Waals surface area contributed by atoms with Gasteiger partial charge in [0.1, 0.15) is 17.6 Å². The Bertz CT molecular complexity index is 1140. The van der Waals surface area contributed by atoms with Gasteiger partial charge in [-0.3, -0.25) is 9.59 Å². The summed E-state index contributed by atoms with van der Waals surface area (Å²) in [6.07, 6.45) is -1.11. The highest BCUT2D eigenvalue weighted by atomic mass is 19.1. The van der Waals surface area contributed by atoms with Crippen LogP contribution >= 0.6 is 0 Å². The van der Waals surface area contributed by atoms with Crippen LogP contribution in [0.25, 0.3) is 0 Å². The van der Waals surface area contributed by atoms with Gasteiger partial charge in [-0.1, -0.05) is 24.3 Å². The van der Waals surface area contributed by atoms with Crippen molar-refractivity contribution in [3.8, 4) is 5.75 Å². The maximum Gasteiger partial charge on any atom is 0.247 e. The summed E-state index contributed by atoms with van der Waals surface area (Å²) in [6, 6.07) is 18.8. The maximum absolute atomic E-state index is 13.3. The maximum atomic E-state index is 13.3. The number of halogens is 1. The van der Waals surface area contributed by atoms with Crippen LogP contribution in [0.4, 0.5) is 21.5 Å². The summed E-state index contributed by atoms with van der Waals surface area (Å²) in [5.74, 6) is -0.426. The first kappa shape index (κ1) is 22.3. The van der Waals surface area contributed by atoms with Crippen molar-refractivity contribution >= 4 is 28.9 Å². The van der Waals surface area contributed by atoms with E-state index in [4.69, 9.17) is 4.74 Å². The van der Waals surface area contributed by atoms with E-state index in [0.717, 1.165) is 0 Å². The third-order valence-electron chi connectivity index (χ3n) is 5.53. The predicted molar refractivity (Wildman–Crippen MR) is 124 cm³/mol. The van der Waals surface area contributed by atoms with E-state index in [1.807, 2.05) is 12.1 Å². The van der Waals surface area contributed by atoms with Crippen LogP contribution in [-0.2, 0) is 9.59 Å². The molecule has 170 valence electrons. The number of aliphatic hydroxyl groups is 1. The number of benzene rings is 3. The van der Waals surface area contributed by atoms with Gasteiger partial charge in [-0.25, -0.2) is 4.39 Å². The van der Waals surface area contributed by atoms with Crippen LogP contribution in [0, 0.1) is 5.82 Å². The van der Waals surface area contributed by atoms with Crippen LogP contribution in [0.2, 0.25) is 0 Å². The Labute approximate surface area is 190 Å². The van der Waals surface area contributed by atoms with Gasteiger partial charge < -0.3 is 25.4 Å². The second kappa shape index (κ2) is 9.70. The molecule has 0 aromatic heterocycles. The van der Waals surface area contributed by atoms with Gasteiger partial charge in [0, 0.05) is 12.2 Å². The highest BCUT2D eigenvalue weighted by Crippen LogP contribution is 2.34. The third kappa shape index (κ3) is 5.12. The summed E-state index contributed by atoms with van der Waals surface area (Å²) in [5, 5.41) is 16.4. The van der Waals surface area contributed by atoms with E-state index in [1.165, 1.54) is 24.3 Å². The average Bonchev–Trinajstić information content (AvgIpc) is 2.82. The largest absolute Gasteiger partial charge is 0.497 e. The summed E-state index contributed by atoms with van der Waals surface area (Å²) in [5.41, 5.74) is 2.39. The zero-order chi connectivity index (χ0) is 23.4. The number of ether oxygens (including phenoxy) is 1. The van der Waals surface area contributed by atoms with E-state index in [0.29, 0.717) is 28.4 Å². The number of hydrogen-bond acceptors (Lipinski definition) is 5. The van der Waals surface area contributed by atoms with E-state index in [1.54, 1.807) is 48.4 Å². The molecular formula is C25H24FN3O4. The van der Waals surface area contributed by atoms with Crippen molar-refractivity contribution in [2.45, 2.75) is 18.6 Å². The fraction of sp³-hybridized carbons (Fsp3) is 0.200. The number of hydrogen-bond donors (Lipinski definition) is 3. The van der Waals surface area contributed by atoms with Crippen LogP contribution in [0.15, 0.2) is 72.8 Å². The number of amides is 2. The first-order chi connectivity index (χ1) is 15.9. The molecule has 0 unspecified atom stereocenters. The predicted octanol–water partition coefficient (Wildman–Crippen LogP) is 3.72. The second-order valence-electron chi connectivity index (χ2n) is 7.72. The van der Waals surface area contributed by atoms with Crippen LogP contribution < -0.4 is 20.3 Å². The quantitative estimate of drug-likeness (QED) is 0.512. The van der Waals surface area contributed by atoms with Crippen LogP contribution in [-0.4, -0.2) is 36.6 Å². The van der Waals surface area contributed by atoms with Crippen molar-refractivity contribution < 1.29 is 23.8 Å². The van der Waals surface area contributed by atoms with Gasteiger partial charge >= 0.3 is 0 Å². The zero-order valence-corrected chi connectivity index (χ0v) is 18.0. The van der Waals surface area contributed by atoms with Gasteiger partial charge in [-0.2, -0.15) is 0 Å². The molecule has 0 fully saturated rings. The molecule has 4 rings (SSSR count). The first-order valence-electron chi connectivity index (χ1n) is 10.5. The minimum atomic E-state index is -0.989. The van der Waals surface area contributed by atoms with E-state index >= 15 is 0 Å². The summed E-state index contributed by atoms with van der Waals surface area (Å²) in [6.45, 7) is 0.0521. The van der Waals surface area contributed by atoms with Gasteiger partial charge in [0.15, 0.2) is 0 Å². The number of carbonyl (C=O) groups excluding carboxylic acids is 2. The molecule has 3 aromatic rings. The summed E-state index contributed by atoms with van der Waals surface area (Å²) in [7, 11) is 1.56. The average molecular weight is 449 g/mol. The van der Waals surface area contributed by atoms with Gasteiger partial charge in [0.2, 0.25) is 11.8 Å².